The van der Waals surface area contributed by atoms with E-state index in [0.717, 1.165) is 12.6 Å². The van der Waals surface area contributed by atoms with Gasteiger partial charge in [-0.2, -0.15) is 0 Å². The first-order valence-corrected chi connectivity index (χ1v) is 7.39. The van der Waals surface area contributed by atoms with E-state index in [4.69, 9.17) is 4.74 Å². The predicted octanol–water partition coefficient (Wildman–Crippen LogP) is 2.77. The molecule has 0 radical (unpaired) electrons. The van der Waals surface area contributed by atoms with Crippen molar-refractivity contribution in [3.05, 3.63) is 0 Å². The van der Waals surface area contributed by atoms with Gasteiger partial charge in [-0.15, -0.1) is 24.0 Å². The molecular formula is C15H30IN3O. The number of ether oxygens (including phenoxy) is 1. The summed E-state index contributed by atoms with van der Waals surface area (Å²) in [5, 5.41) is 7.04. The largest absolute Gasteiger partial charge is 0.377 e. The Hall–Kier alpha value is -0.0400. The van der Waals surface area contributed by atoms with Gasteiger partial charge in [-0.25, -0.2) is 0 Å². The van der Waals surface area contributed by atoms with Gasteiger partial charge in [0, 0.05) is 36.6 Å². The Labute approximate surface area is 140 Å². The molecule has 1 saturated heterocycles. The smallest absolute Gasteiger partial charge is 0.191 e. The van der Waals surface area contributed by atoms with E-state index in [2.05, 4.69) is 50.2 Å². The molecule has 5 heteroatoms. The molecule has 3 unspecified atom stereocenters. The molecule has 1 aliphatic heterocycles. The number of hydrogen-bond donors (Lipinski definition) is 2. The van der Waals surface area contributed by atoms with Crippen LogP contribution in [-0.4, -0.2) is 37.3 Å². The zero-order valence-electron chi connectivity index (χ0n) is 13.6. The number of halogens is 1. The predicted molar refractivity (Wildman–Crippen MR) is 94.8 cm³/mol. The van der Waals surface area contributed by atoms with Crippen LogP contribution in [0.15, 0.2) is 4.99 Å². The summed E-state index contributed by atoms with van der Waals surface area (Å²) in [6, 6.07) is 0.450. The highest BCUT2D eigenvalue weighted by atomic mass is 127. The highest BCUT2D eigenvalue weighted by molar-refractivity contribution is 14.0. The average molecular weight is 395 g/mol. The standard InChI is InChI=1S/C15H29N3O.HI/c1-14(2,3)18-13(16-6)17-11-10-8-7-9-19-12(10)15(11,4)5;/h10-12H,7-9H2,1-6H3,(H2,16,17,18);1H. The molecule has 1 aliphatic carbocycles. The molecule has 118 valence electrons. The Morgan fingerprint density at radius 2 is 1.95 bits per heavy atom. The van der Waals surface area contributed by atoms with E-state index in [-0.39, 0.29) is 34.9 Å². The second-order valence-corrected chi connectivity index (χ2v) is 7.49. The van der Waals surface area contributed by atoms with Crippen molar-refractivity contribution < 1.29 is 4.74 Å². The summed E-state index contributed by atoms with van der Waals surface area (Å²) >= 11 is 0. The van der Waals surface area contributed by atoms with Crippen molar-refractivity contribution in [1.29, 1.82) is 0 Å². The van der Waals surface area contributed by atoms with Crippen molar-refractivity contribution in [2.45, 2.75) is 65.1 Å². The molecular weight excluding hydrogens is 365 g/mol. The van der Waals surface area contributed by atoms with Gasteiger partial charge < -0.3 is 15.4 Å². The monoisotopic (exact) mass is 395 g/mol. The van der Waals surface area contributed by atoms with Gasteiger partial charge in [0.05, 0.1) is 6.10 Å². The van der Waals surface area contributed by atoms with Gasteiger partial charge >= 0.3 is 0 Å². The van der Waals surface area contributed by atoms with Crippen LogP contribution in [0.25, 0.3) is 0 Å². The van der Waals surface area contributed by atoms with Gasteiger partial charge in [0.15, 0.2) is 5.96 Å². The second kappa shape index (κ2) is 6.38. The van der Waals surface area contributed by atoms with Crippen LogP contribution in [0.2, 0.25) is 0 Å². The summed E-state index contributed by atoms with van der Waals surface area (Å²) < 4.78 is 5.94. The Kier molecular flexibility index (Phi) is 5.75. The summed E-state index contributed by atoms with van der Waals surface area (Å²) in [4.78, 5) is 4.35. The number of aliphatic imine (C=N–C) groups is 1. The molecule has 4 nitrogen and oxygen atoms in total. The summed E-state index contributed by atoms with van der Waals surface area (Å²) in [5.41, 5.74) is 0.207. The first-order valence-electron chi connectivity index (χ1n) is 7.39. The molecule has 0 amide bonds. The van der Waals surface area contributed by atoms with E-state index < -0.39 is 0 Å². The van der Waals surface area contributed by atoms with Crippen LogP contribution >= 0.6 is 24.0 Å². The summed E-state index contributed by atoms with van der Waals surface area (Å²) in [5.74, 6) is 1.52. The minimum atomic E-state index is 0. The number of guanidine groups is 1. The van der Waals surface area contributed by atoms with Gasteiger partial charge in [0.25, 0.3) is 0 Å². The van der Waals surface area contributed by atoms with Crippen molar-refractivity contribution in [1.82, 2.24) is 10.6 Å². The maximum Gasteiger partial charge on any atom is 0.191 e. The minimum absolute atomic E-state index is 0. The van der Waals surface area contributed by atoms with Crippen LogP contribution in [0.1, 0.15) is 47.5 Å². The van der Waals surface area contributed by atoms with Gasteiger partial charge in [-0.05, 0) is 33.6 Å². The zero-order valence-corrected chi connectivity index (χ0v) is 15.9. The van der Waals surface area contributed by atoms with E-state index >= 15 is 0 Å². The summed E-state index contributed by atoms with van der Waals surface area (Å²) in [6.45, 7) is 12.0. The van der Waals surface area contributed by atoms with Crippen LogP contribution in [0.5, 0.6) is 0 Å². The van der Waals surface area contributed by atoms with Gasteiger partial charge in [0.1, 0.15) is 0 Å². The summed E-state index contributed by atoms with van der Waals surface area (Å²) in [6.07, 6.45) is 2.85. The number of nitrogens with one attached hydrogen (secondary N) is 2. The molecule has 2 aliphatic rings. The quantitative estimate of drug-likeness (QED) is 0.408. The minimum Gasteiger partial charge on any atom is -0.377 e. The molecule has 0 spiro atoms. The van der Waals surface area contributed by atoms with E-state index in [0.29, 0.717) is 18.1 Å². The Balaban J connectivity index is 0.00000200. The molecule has 3 atom stereocenters. The number of fused-ring (bicyclic) bond motifs is 1. The van der Waals surface area contributed by atoms with Crippen molar-refractivity contribution in [3.8, 4) is 0 Å². The molecule has 0 aromatic heterocycles. The first kappa shape index (κ1) is 18.0. The highest BCUT2D eigenvalue weighted by Gasteiger charge is 2.58. The van der Waals surface area contributed by atoms with E-state index in [9.17, 15) is 0 Å². The van der Waals surface area contributed by atoms with E-state index in [1.54, 1.807) is 0 Å². The van der Waals surface area contributed by atoms with Crippen molar-refractivity contribution in [2.24, 2.45) is 16.3 Å². The molecule has 1 saturated carbocycles. The van der Waals surface area contributed by atoms with Gasteiger partial charge in [0.2, 0.25) is 0 Å². The van der Waals surface area contributed by atoms with Crippen LogP contribution in [-0.2, 0) is 4.74 Å². The van der Waals surface area contributed by atoms with Crippen LogP contribution < -0.4 is 10.6 Å². The number of rotatable bonds is 1. The topological polar surface area (TPSA) is 45.7 Å². The molecule has 2 fully saturated rings. The fourth-order valence-electron chi connectivity index (χ4n) is 3.47. The maximum absolute atomic E-state index is 5.94. The second-order valence-electron chi connectivity index (χ2n) is 7.49. The normalized spacial score (nSPS) is 32.5. The summed E-state index contributed by atoms with van der Waals surface area (Å²) in [7, 11) is 1.83. The molecule has 2 N–H and O–H groups in total. The molecule has 0 aromatic rings. The van der Waals surface area contributed by atoms with E-state index in [1.807, 2.05) is 7.05 Å². The fraction of sp³-hybridized carbons (Fsp3) is 0.933. The lowest BCUT2D eigenvalue weighted by atomic mass is 9.55. The molecule has 2 rings (SSSR count). The van der Waals surface area contributed by atoms with Crippen molar-refractivity contribution in [2.75, 3.05) is 13.7 Å². The Bertz CT molecular complexity index is 363. The Morgan fingerprint density at radius 1 is 1.30 bits per heavy atom. The van der Waals surface area contributed by atoms with E-state index in [1.165, 1.54) is 12.8 Å². The molecule has 1 heterocycles. The lowest BCUT2D eigenvalue weighted by molar-refractivity contribution is -0.188. The van der Waals surface area contributed by atoms with Crippen LogP contribution in [0.4, 0.5) is 0 Å². The zero-order chi connectivity index (χ0) is 14.3. The molecule has 20 heavy (non-hydrogen) atoms. The number of hydrogen-bond acceptors (Lipinski definition) is 2. The van der Waals surface area contributed by atoms with Crippen LogP contribution in [0.3, 0.4) is 0 Å². The highest BCUT2D eigenvalue weighted by Crippen LogP contribution is 2.51. The fourth-order valence-corrected chi connectivity index (χ4v) is 3.47. The third-order valence-corrected chi connectivity index (χ3v) is 4.34. The SMILES string of the molecule is CN=C(NC1C2CCCOC2C1(C)C)NC(C)(C)C.I. The lowest BCUT2D eigenvalue weighted by Gasteiger charge is -2.60. The number of nitrogens with zero attached hydrogens (tertiary/aromatic N) is 1. The van der Waals surface area contributed by atoms with Crippen molar-refractivity contribution in [3.63, 3.8) is 0 Å². The molecule has 0 aromatic carbocycles. The average Bonchev–Trinajstić information content (AvgIpc) is 2.33. The lowest BCUT2D eigenvalue weighted by Crippen LogP contribution is -2.71. The Morgan fingerprint density at radius 3 is 2.50 bits per heavy atom. The first-order chi connectivity index (χ1) is 8.75. The van der Waals surface area contributed by atoms with Gasteiger partial charge in [-0.3, -0.25) is 4.99 Å². The van der Waals surface area contributed by atoms with Gasteiger partial charge in [-0.1, -0.05) is 13.8 Å². The third-order valence-electron chi connectivity index (χ3n) is 4.34. The maximum atomic E-state index is 5.94. The third kappa shape index (κ3) is 3.59. The van der Waals surface area contributed by atoms with Crippen LogP contribution in [0, 0.1) is 11.3 Å². The van der Waals surface area contributed by atoms with Crippen molar-refractivity contribution >= 4 is 29.9 Å². The molecule has 0 bridgehead atoms.